The van der Waals surface area contributed by atoms with Gasteiger partial charge in [-0.25, -0.2) is 15.0 Å². The van der Waals surface area contributed by atoms with E-state index in [1.165, 1.54) is 0 Å². The van der Waals surface area contributed by atoms with Crippen molar-refractivity contribution in [3.8, 4) is 0 Å². The van der Waals surface area contributed by atoms with Gasteiger partial charge in [0.25, 0.3) is 0 Å². The molecule has 1 saturated heterocycles. The van der Waals surface area contributed by atoms with E-state index in [2.05, 4.69) is 25.6 Å². The lowest BCUT2D eigenvalue weighted by Gasteiger charge is -2.31. The van der Waals surface area contributed by atoms with Crippen molar-refractivity contribution in [3.63, 3.8) is 0 Å². The highest BCUT2D eigenvalue weighted by molar-refractivity contribution is 7.13. The lowest BCUT2D eigenvalue weighted by molar-refractivity contribution is -0.127. The first-order valence-electron chi connectivity index (χ1n) is 9.05. The number of aromatic nitrogens is 4. The number of amides is 1. The fourth-order valence-electron chi connectivity index (χ4n) is 3.14. The molecule has 0 aliphatic carbocycles. The zero-order valence-electron chi connectivity index (χ0n) is 15.4. The topological polar surface area (TPSA) is 83.9 Å². The van der Waals surface area contributed by atoms with E-state index in [-0.39, 0.29) is 11.8 Å². The van der Waals surface area contributed by atoms with Gasteiger partial charge < -0.3 is 10.2 Å². The van der Waals surface area contributed by atoms with E-state index in [0.29, 0.717) is 12.4 Å². The minimum atomic E-state index is 0.0310. The number of carbonyl (C=O) groups is 1. The van der Waals surface area contributed by atoms with E-state index >= 15 is 0 Å². The molecule has 4 heterocycles. The molecule has 0 spiro atoms. The Bertz CT molecular complexity index is 968. The summed E-state index contributed by atoms with van der Waals surface area (Å²) in [5.41, 5.74) is 1.86. The molecule has 3 aromatic heterocycles. The second-order valence-corrected chi connectivity index (χ2v) is 8.46. The summed E-state index contributed by atoms with van der Waals surface area (Å²) in [7, 11) is 0. The van der Waals surface area contributed by atoms with Gasteiger partial charge in [0, 0.05) is 48.2 Å². The van der Waals surface area contributed by atoms with Crippen molar-refractivity contribution >= 4 is 45.6 Å². The summed E-state index contributed by atoms with van der Waals surface area (Å²) in [5.74, 6) is 0.955. The molecule has 1 N–H and O–H groups in total. The third-order valence-corrected chi connectivity index (χ3v) is 6.07. The van der Waals surface area contributed by atoms with Crippen LogP contribution in [0.1, 0.15) is 35.2 Å². The van der Waals surface area contributed by atoms with Crippen LogP contribution < -0.4 is 5.32 Å². The normalized spacial score (nSPS) is 17.2. The number of hydrogen-bond acceptors (Lipinski definition) is 8. The molecule has 0 bridgehead atoms. The Labute approximate surface area is 171 Å². The first-order valence-corrected chi connectivity index (χ1v) is 10.8. The van der Waals surface area contributed by atoms with Crippen LogP contribution >= 0.6 is 22.7 Å². The fraction of sp³-hybridized carbons (Fsp3) is 0.316. The smallest absolute Gasteiger partial charge is 0.246 e. The van der Waals surface area contributed by atoms with Crippen molar-refractivity contribution < 1.29 is 4.79 Å². The maximum atomic E-state index is 12.6. The first kappa shape index (κ1) is 18.7. The zero-order chi connectivity index (χ0) is 19.3. The molecular formula is C19H20N6OS2. The molecule has 0 saturated carbocycles. The van der Waals surface area contributed by atoms with Gasteiger partial charge >= 0.3 is 0 Å². The summed E-state index contributed by atoms with van der Waals surface area (Å²) in [6.07, 6.45) is 10.4. The van der Waals surface area contributed by atoms with Crippen LogP contribution in [0, 0.1) is 6.92 Å². The molecular weight excluding hydrogens is 392 g/mol. The molecule has 1 fully saturated rings. The minimum absolute atomic E-state index is 0.0310. The summed E-state index contributed by atoms with van der Waals surface area (Å²) in [5, 5.41) is 8.98. The quantitative estimate of drug-likeness (QED) is 0.641. The summed E-state index contributed by atoms with van der Waals surface area (Å²) < 4.78 is 0. The number of thiazole rings is 2. The van der Waals surface area contributed by atoms with Crippen LogP contribution in [0.3, 0.4) is 0 Å². The van der Waals surface area contributed by atoms with Crippen LogP contribution in [0.4, 0.5) is 10.9 Å². The Morgan fingerprint density at radius 1 is 1.29 bits per heavy atom. The molecule has 4 rings (SSSR count). The summed E-state index contributed by atoms with van der Waals surface area (Å²) in [4.78, 5) is 31.8. The van der Waals surface area contributed by atoms with Crippen LogP contribution in [0.25, 0.3) is 6.08 Å². The van der Waals surface area contributed by atoms with Crippen LogP contribution in [-0.4, -0.2) is 43.8 Å². The number of hydrogen-bond donors (Lipinski definition) is 1. The Morgan fingerprint density at radius 2 is 2.21 bits per heavy atom. The Kier molecular flexibility index (Phi) is 5.73. The lowest BCUT2D eigenvalue weighted by Crippen LogP contribution is -2.38. The number of piperidine rings is 1. The number of nitrogens with one attached hydrogen (secondary N) is 1. The summed E-state index contributed by atoms with van der Waals surface area (Å²) in [6, 6.07) is 0. The van der Waals surface area contributed by atoms with Crippen molar-refractivity contribution in [2.24, 2.45) is 0 Å². The number of likely N-dealkylation sites (tertiary alicyclic amines) is 1. The van der Waals surface area contributed by atoms with E-state index < -0.39 is 0 Å². The average Bonchev–Trinajstić information content (AvgIpc) is 3.36. The molecule has 1 aliphatic heterocycles. The number of anilines is 2. The molecule has 0 unspecified atom stereocenters. The van der Waals surface area contributed by atoms with E-state index in [1.807, 2.05) is 17.2 Å². The van der Waals surface area contributed by atoms with Crippen LogP contribution in [0.15, 0.2) is 35.4 Å². The predicted octanol–water partition coefficient (Wildman–Crippen LogP) is 3.86. The number of nitrogens with zero attached hydrogens (tertiary/aromatic N) is 5. The predicted molar refractivity (Wildman–Crippen MR) is 112 cm³/mol. The van der Waals surface area contributed by atoms with Gasteiger partial charge in [-0.05, 0) is 25.8 Å². The fourth-order valence-corrected chi connectivity index (χ4v) is 4.52. The van der Waals surface area contributed by atoms with E-state index in [4.69, 9.17) is 4.98 Å². The SMILES string of the molecule is Cc1nc(/C=C/C(=O)N2CCC[C@@H](c3csc(Nc4cnccn4)n3)C2)cs1. The van der Waals surface area contributed by atoms with Gasteiger partial charge in [0.2, 0.25) is 5.91 Å². The molecule has 9 heteroatoms. The van der Waals surface area contributed by atoms with Gasteiger partial charge in [-0.2, -0.15) is 0 Å². The van der Waals surface area contributed by atoms with Gasteiger partial charge in [0.05, 0.1) is 22.6 Å². The Morgan fingerprint density at radius 3 is 3.00 bits per heavy atom. The number of rotatable bonds is 5. The van der Waals surface area contributed by atoms with E-state index in [9.17, 15) is 4.79 Å². The second kappa shape index (κ2) is 8.57. The third kappa shape index (κ3) is 4.60. The Balaban J connectivity index is 1.38. The molecule has 0 aromatic carbocycles. The largest absolute Gasteiger partial charge is 0.338 e. The van der Waals surface area contributed by atoms with Crippen LogP contribution in [0.2, 0.25) is 0 Å². The highest BCUT2D eigenvalue weighted by Crippen LogP contribution is 2.30. The summed E-state index contributed by atoms with van der Waals surface area (Å²) >= 11 is 3.13. The highest BCUT2D eigenvalue weighted by atomic mass is 32.1. The van der Waals surface area contributed by atoms with Crippen molar-refractivity contribution in [1.82, 2.24) is 24.8 Å². The molecule has 1 aliphatic rings. The maximum Gasteiger partial charge on any atom is 0.246 e. The monoisotopic (exact) mass is 412 g/mol. The number of carbonyl (C=O) groups excluding carboxylic acids is 1. The maximum absolute atomic E-state index is 12.6. The van der Waals surface area contributed by atoms with Crippen molar-refractivity contribution in [2.75, 3.05) is 18.4 Å². The highest BCUT2D eigenvalue weighted by Gasteiger charge is 2.25. The van der Waals surface area contributed by atoms with Crippen LogP contribution in [-0.2, 0) is 4.79 Å². The van der Waals surface area contributed by atoms with Gasteiger partial charge in [0.1, 0.15) is 0 Å². The molecule has 1 atom stereocenters. The van der Waals surface area contributed by atoms with Crippen molar-refractivity contribution in [3.05, 3.63) is 51.8 Å². The van der Waals surface area contributed by atoms with Crippen molar-refractivity contribution in [1.29, 1.82) is 0 Å². The zero-order valence-corrected chi connectivity index (χ0v) is 17.0. The molecule has 0 radical (unpaired) electrons. The van der Waals surface area contributed by atoms with E-state index in [1.54, 1.807) is 53.4 Å². The van der Waals surface area contributed by atoms with Gasteiger partial charge in [-0.15, -0.1) is 22.7 Å². The van der Waals surface area contributed by atoms with E-state index in [0.717, 1.165) is 40.9 Å². The molecule has 1 amide bonds. The Hall–Kier alpha value is -2.65. The third-order valence-electron chi connectivity index (χ3n) is 4.50. The average molecular weight is 413 g/mol. The van der Waals surface area contributed by atoms with Gasteiger partial charge in [0.15, 0.2) is 10.9 Å². The van der Waals surface area contributed by atoms with Crippen molar-refractivity contribution in [2.45, 2.75) is 25.7 Å². The first-order chi connectivity index (χ1) is 13.7. The second-order valence-electron chi connectivity index (χ2n) is 6.54. The molecule has 28 heavy (non-hydrogen) atoms. The minimum Gasteiger partial charge on any atom is -0.338 e. The lowest BCUT2D eigenvalue weighted by atomic mass is 9.95. The van der Waals surface area contributed by atoms with Gasteiger partial charge in [-0.1, -0.05) is 0 Å². The van der Waals surface area contributed by atoms with Crippen LogP contribution in [0.5, 0.6) is 0 Å². The van der Waals surface area contributed by atoms with Gasteiger partial charge in [-0.3, -0.25) is 9.78 Å². The standard InChI is InChI=1S/C19H20N6OS2/c1-13-22-15(11-27-13)4-5-18(26)25-8-2-3-14(10-25)16-12-28-19(23-16)24-17-9-20-6-7-21-17/h4-7,9,11-12,14H,2-3,8,10H2,1H3,(H,21,23,24)/b5-4+/t14-/m1/s1. The number of aryl methyl sites for hydroxylation is 1. The molecule has 7 nitrogen and oxygen atoms in total. The summed E-state index contributed by atoms with van der Waals surface area (Å²) in [6.45, 7) is 3.43. The molecule has 144 valence electrons. The molecule has 3 aromatic rings.